The van der Waals surface area contributed by atoms with Gasteiger partial charge in [0, 0.05) is 31.7 Å². The van der Waals surface area contributed by atoms with Gasteiger partial charge in [-0.25, -0.2) is 4.98 Å². The Labute approximate surface area is 111 Å². The molecule has 5 nitrogen and oxygen atoms in total. The van der Waals surface area contributed by atoms with Crippen LogP contribution in [0.5, 0.6) is 0 Å². The maximum absolute atomic E-state index is 12.5. The number of carbonyl (C=O) groups is 1. The van der Waals surface area contributed by atoms with Gasteiger partial charge in [-0.15, -0.1) is 0 Å². The minimum absolute atomic E-state index is 0.101. The number of carbonyl (C=O) groups excluding carboxylic acids is 1. The number of amides is 1. The van der Waals surface area contributed by atoms with Crippen molar-refractivity contribution in [2.75, 3.05) is 18.9 Å². The van der Waals surface area contributed by atoms with Crippen molar-refractivity contribution < 1.29 is 4.79 Å². The second-order valence-corrected chi connectivity index (χ2v) is 4.75. The van der Waals surface area contributed by atoms with E-state index in [1.54, 1.807) is 17.3 Å². The number of nitrogens with one attached hydrogen (secondary N) is 2. The molecule has 0 saturated heterocycles. The number of nitrogens with zero attached hydrogens (tertiary/aromatic N) is 2. The van der Waals surface area contributed by atoms with Crippen LogP contribution in [-0.2, 0) is 11.3 Å². The molecule has 1 aromatic heterocycles. The first kappa shape index (κ1) is 11.8. The number of H-pyrrole nitrogens is 1. The average molecular weight is 256 g/mol. The molecule has 1 unspecified atom stereocenters. The number of aromatic nitrogens is 2. The maximum Gasteiger partial charge on any atom is 0.232 e. The first-order chi connectivity index (χ1) is 9.25. The Morgan fingerprint density at radius 1 is 1.47 bits per heavy atom. The average Bonchev–Trinajstić information content (AvgIpc) is 3.06. The van der Waals surface area contributed by atoms with Crippen LogP contribution in [0, 0.1) is 0 Å². The number of imidazole rings is 1. The van der Waals surface area contributed by atoms with Crippen molar-refractivity contribution in [2.45, 2.75) is 12.5 Å². The molecular weight excluding hydrogens is 240 g/mol. The molecule has 2 heterocycles. The predicted octanol–water partition coefficient (Wildman–Crippen LogP) is 1.58. The Kier molecular flexibility index (Phi) is 2.95. The molecule has 1 aliphatic rings. The van der Waals surface area contributed by atoms with Crippen molar-refractivity contribution in [2.24, 2.45) is 0 Å². The summed E-state index contributed by atoms with van der Waals surface area (Å²) >= 11 is 0. The van der Waals surface area contributed by atoms with Gasteiger partial charge in [0.25, 0.3) is 0 Å². The monoisotopic (exact) mass is 256 g/mol. The molecule has 2 aromatic rings. The maximum atomic E-state index is 12.5. The molecule has 0 aliphatic carbocycles. The third-order valence-corrected chi connectivity index (χ3v) is 3.45. The summed E-state index contributed by atoms with van der Waals surface area (Å²) in [6.45, 7) is 1.17. The quantitative estimate of drug-likeness (QED) is 0.876. The van der Waals surface area contributed by atoms with Gasteiger partial charge < -0.3 is 15.2 Å². The van der Waals surface area contributed by atoms with E-state index in [9.17, 15) is 4.79 Å². The fourth-order valence-corrected chi connectivity index (χ4v) is 2.46. The van der Waals surface area contributed by atoms with E-state index in [1.807, 2.05) is 31.3 Å². The summed E-state index contributed by atoms with van der Waals surface area (Å²) in [7, 11) is 1.81. The van der Waals surface area contributed by atoms with E-state index in [0.29, 0.717) is 13.1 Å². The molecule has 1 atom stereocenters. The van der Waals surface area contributed by atoms with Gasteiger partial charge in [-0.1, -0.05) is 18.2 Å². The molecule has 1 amide bonds. The smallest absolute Gasteiger partial charge is 0.232 e. The standard InChI is InChI=1S/C14H16N4O/c1-18(9-13-15-6-7-16-13)14(19)11-8-17-12-5-3-2-4-10(11)12/h2-7,11,17H,8-9H2,1H3,(H,15,16). The highest BCUT2D eigenvalue weighted by atomic mass is 16.2. The second kappa shape index (κ2) is 4.76. The summed E-state index contributed by atoms with van der Waals surface area (Å²) in [4.78, 5) is 21.4. The van der Waals surface area contributed by atoms with Crippen LogP contribution in [0.15, 0.2) is 36.7 Å². The number of rotatable bonds is 3. The number of hydrogen-bond acceptors (Lipinski definition) is 3. The molecule has 98 valence electrons. The number of para-hydroxylation sites is 1. The van der Waals surface area contributed by atoms with Crippen LogP contribution >= 0.6 is 0 Å². The van der Waals surface area contributed by atoms with Crippen molar-refractivity contribution in [1.82, 2.24) is 14.9 Å². The minimum Gasteiger partial charge on any atom is -0.384 e. The van der Waals surface area contributed by atoms with Gasteiger partial charge >= 0.3 is 0 Å². The molecular formula is C14H16N4O. The van der Waals surface area contributed by atoms with Crippen molar-refractivity contribution in [3.8, 4) is 0 Å². The molecule has 1 aromatic carbocycles. The number of benzene rings is 1. The number of hydrogen-bond donors (Lipinski definition) is 2. The van der Waals surface area contributed by atoms with E-state index in [4.69, 9.17) is 0 Å². The van der Waals surface area contributed by atoms with Crippen LogP contribution < -0.4 is 5.32 Å². The third kappa shape index (κ3) is 2.19. The summed E-state index contributed by atoms with van der Waals surface area (Å²) in [5, 5.41) is 3.27. The Bertz CT molecular complexity index is 579. The van der Waals surface area contributed by atoms with Gasteiger partial charge in [-0.2, -0.15) is 0 Å². The van der Waals surface area contributed by atoms with E-state index in [0.717, 1.165) is 17.1 Å². The first-order valence-corrected chi connectivity index (χ1v) is 6.32. The Morgan fingerprint density at radius 2 is 2.32 bits per heavy atom. The lowest BCUT2D eigenvalue weighted by Crippen LogP contribution is -2.32. The molecule has 5 heteroatoms. The van der Waals surface area contributed by atoms with E-state index >= 15 is 0 Å². The van der Waals surface area contributed by atoms with Gasteiger partial charge in [-0.3, -0.25) is 4.79 Å². The minimum atomic E-state index is -0.101. The molecule has 0 saturated carbocycles. The van der Waals surface area contributed by atoms with Crippen molar-refractivity contribution in [1.29, 1.82) is 0 Å². The van der Waals surface area contributed by atoms with Crippen LogP contribution in [0.1, 0.15) is 17.3 Å². The molecule has 3 rings (SSSR count). The van der Waals surface area contributed by atoms with E-state index in [2.05, 4.69) is 15.3 Å². The summed E-state index contributed by atoms with van der Waals surface area (Å²) in [5.41, 5.74) is 2.14. The van der Waals surface area contributed by atoms with Gasteiger partial charge in [0.15, 0.2) is 0 Å². The fraction of sp³-hybridized carbons (Fsp3) is 0.286. The lowest BCUT2D eigenvalue weighted by molar-refractivity contribution is -0.131. The van der Waals surface area contributed by atoms with Crippen molar-refractivity contribution >= 4 is 11.6 Å². The van der Waals surface area contributed by atoms with Crippen LogP contribution in [0.25, 0.3) is 0 Å². The zero-order valence-electron chi connectivity index (χ0n) is 10.8. The molecule has 19 heavy (non-hydrogen) atoms. The zero-order valence-corrected chi connectivity index (χ0v) is 10.8. The lowest BCUT2D eigenvalue weighted by Gasteiger charge is -2.20. The highest BCUT2D eigenvalue weighted by Gasteiger charge is 2.30. The first-order valence-electron chi connectivity index (χ1n) is 6.32. The van der Waals surface area contributed by atoms with E-state index in [1.165, 1.54) is 0 Å². The van der Waals surface area contributed by atoms with E-state index < -0.39 is 0 Å². The van der Waals surface area contributed by atoms with Crippen molar-refractivity contribution in [3.05, 3.63) is 48.0 Å². The molecule has 0 fully saturated rings. The summed E-state index contributed by atoms with van der Waals surface area (Å²) in [6, 6.07) is 7.97. The number of aromatic amines is 1. The molecule has 2 N–H and O–H groups in total. The zero-order chi connectivity index (χ0) is 13.2. The third-order valence-electron chi connectivity index (χ3n) is 3.45. The van der Waals surface area contributed by atoms with E-state index in [-0.39, 0.29) is 11.8 Å². The topological polar surface area (TPSA) is 61.0 Å². The van der Waals surface area contributed by atoms with Crippen LogP contribution in [-0.4, -0.2) is 34.4 Å². The largest absolute Gasteiger partial charge is 0.384 e. The van der Waals surface area contributed by atoms with Gasteiger partial charge in [0.05, 0.1) is 12.5 Å². The van der Waals surface area contributed by atoms with Crippen LogP contribution in [0.3, 0.4) is 0 Å². The summed E-state index contributed by atoms with van der Waals surface area (Å²) in [5.74, 6) is 0.820. The van der Waals surface area contributed by atoms with Gasteiger partial charge in [0.1, 0.15) is 5.82 Å². The summed E-state index contributed by atoms with van der Waals surface area (Å²) in [6.07, 6.45) is 3.46. The number of fused-ring (bicyclic) bond motifs is 1. The van der Waals surface area contributed by atoms with Crippen molar-refractivity contribution in [3.63, 3.8) is 0 Å². The molecule has 0 spiro atoms. The summed E-state index contributed by atoms with van der Waals surface area (Å²) < 4.78 is 0. The molecule has 1 aliphatic heterocycles. The van der Waals surface area contributed by atoms with Crippen LogP contribution in [0.4, 0.5) is 5.69 Å². The van der Waals surface area contributed by atoms with Gasteiger partial charge in [-0.05, 0) is 11.6 Å². The Hall–Kier alpha value is -2.30. The molecule has 0 radical (unpaired) electrons. The van der Waals surface area contributed by atoms with Gasteiger partial charge in [0.2, 0.25) is 5.91 Å². The Balaban J connectivity index is 1.74. The predicted molar refractivity (Wildman–Crippen MR) is 72.7 cm³/mol. The fourth-order valence-electron chi connectivity index (χ4n) is 2.46. The molecule has 0 bridgehead atoms. The Morgan fingerprint density at radius 3 is 3.11 bits per heavy atom. The number of anilines is 1. The lowest BCUT2D eigenvalue weighted by atomic mass is 10.00. The normalized spacial score (nSPS) is 16.8. The highest BCUT2D eigenvalue weighted by molar-refractivity contribution is 5.88. The highest BCUT2D eigenvalue weighted by Crippen LogP contribution is 2.32. The second-order valence-electron chi connectivity index (χ2n) is 4.75. The number of likely N-dealkylation sites (N-methyl/N-ethyl adjacent to an activating group) is 1. The van der Waals surface area contributed by atoms with Crippen LogP contribution in [0.2, 0.25) is 0 Å². The SMILES string of the molecule is CN(Cc1ncc[nH]1)C(=O)C1CNc2ccccc21.